The van der Waals surface area contributed by atoms with Crippen LogP contribution in [-0.4, -0.2) is 47.0 Å². The van der Waals surface area contributed by atoms with Crippen LogP contribution in [0.2, 0.25) is 5.02 Å². The molecular formula is C25H30ClNO6S2. The number of benzene rings is 1. The third-order valence-corrected chi connectivity index (χ3v) is 10.4. The Labute approximate surface area is 214 Å². The molecule has 2 bridgehead atoms. The maximum atomic E-state index is 11.9. The van der Waals surface area contributed by atoms with Gasteiger partial charge in [-0.1, -0.05) is 43.6 Å². The molecule has 3 atom stereocenters. The van der Waals surface area contributed by atoms with Gasteiger partial charge in [-0.05, 0) is 59.2 Å². The summed E-state index contributed by atoms with van der Waals surface area (Å²) >= 11 is 7.92. The van der Waals surface area contributed by atoms with Crippen molar-refractivity contribution in [1.82, 2.24) is 4.90 Å². The van der Waals surface area contributed by atoms with Crippen molar-refractivity contribution in [2.45, 2.75) is 52.1 Å². The maximum Gasteiger partial charge on any atom is 0.325 e. The van der Waals surface area contributed by atoms with E-state index in [1.165, 1.54) is 10.4 Å². The van der Waals surface area contributed by atoms with Crippen LogP contribution in [-0.2, 0) is 32.7 Å². The van der Waals surface area contributed by atoms with Gasteiger partial charge in [0.05, 0.1) is 11.2 Å². The standard InChI is InChI=1S/C15H14ClNO2S.C10H16O4S/c16-12-4-2-1-3-11(12)14(15(18)19)17-7-5-13-10(9-17)6-8-20-13;1-9(2)7-3-4-10(9,8(11)5-7)6-15(12,13)14/h1-4,6,8,14H,5,7,9H2,(H,18,19);7H,3-6H2,1-2H3,(H,12,13,14)/t;7?,10-/m.0/s1. The van der Waals surface area contributed by atoms with Crippen molar-refractivity contribution in [3.63, 3.8) is 0 Å². The van der Waals surface area contributed by atoms with E-state index >= 15 is 0 Å². The molecule has 10 heteroatoms. The monoisotopic (exact) mass is 539 g/mol. The molecule has 7 nitrogen and oxygen atoms in total. The minimum absolute atomic E-state index is 0.0152. The van der Waals surface area contributed by atoms with Crippen molar-refractivity contribution in [1.29, 1.82) is 0 Å². The normalized spacial score (nSPS) is 26.1. The zero-order valence-corrected chi connectivity index (χ0v) is 22.1. The molecule has 2 aromatic rings. The maximum absolute atomic E-state index is 11.9. The number of carboxylic acid groups (broad SMARTS) is 1. The van der Waals surface area contributed by atoms with Crippen molar-refractivity contribution >= 4 is 44.8 Å². The van der Waals surface area contributed by atoms with Gasteiger partial charge in [-0.25, -0.2) is 0 Å². The van der Waals surface area contributed by atoms with Crippen LogP contribution in [0.3, 0.4) is 0 Å². The molecular weight excluding hydrogens is 510 g/mol. The number of Topliss-reactive ketones (excluding diaryl/α,β-unsaturated/α-hetero) is 1. The first-order chi connectivity index (χ1) is 16.4. The van der Waals surface area contributed by atoms with E-state index in [-0.39, 0.29) is 17.1 Å². The molecule has 190 valence electrons. The number of thiophene rings is 1. The van der Waals surface area contributed by atoms with Gasteiger partial charge in [0, 0.05) is 29.4 Å². The Bertz CT molecular complexity index is 1240. The Balaban J connectivity index is 0.000000172. The molecule has 2 saturated carbocycles. The van der Waals surface area contributed by atoms with Crippen LogP contribution in [0.15, 0.2) is 35.7 Å². The fraction of sp³-hybridized carbons (Fsp3) is 0.520. The summed E-state index contributed by atoms with van der Waals surface area (Å²) in [6, 6.07) is 8.58. The first kappa shape index (κ1) is 26.3. The summed E-state index contributed by atoms with van der Waals surface area (Å²) in [5.41, 5.74) is 0.783. The zero-order valence-electron chi connectivity index (χ0n) is 19.7. The number of carboxylic acids is 1. The summed E-state index contributed by atoms with van der Waals surface area (Å²) in [7, 11) is -4.08. The van der Waals surface area contributed by atoms with Crippen LogP contribution in [0, 0.1) is 16.7 Å². The second-order valence-corrected chi connectivity index (χ2v) is 13.1. The largest absolute Gasteiger partial charge is 0.480 e. The van der Waals surface area contributed by atoms with Crippen LogP contribution < -0.4 is 0 Å². The van der Waals surface area contributed by atoms with Crippen molar-refractivity contribution < 1.29 is 27.7 Å². The zero-order chi connectivity index (χ0) is 25.6. The summed E-state index contributed by atoms with van der Waals surface area (Å²) in [6.07, 6.45) is 2.88. The molecule has 35 heavy (non-hydrogen) atoms. The lowest BCUT2D eigenvalue weighted by Crippen LogP contribution is -2.42. The second kappa shape index (κ2) is 9.59. The van der Waals surface area contributed by atoms with Gasteiger partial charge in [-0.15, -0.1) is 11.3 Å². The van der Waals surface area contributed by atoms with Crippen LogP contribution in [0.1, 0.15) is 55.2 Å². The minimum atomic E-state index is -4.08. The van der Waals surface area contributed by atoms with E-state index in [0.717, 1.165) is 19.4 Å². The molecule has 3 aliphatic rings. The number of hydrogen-bond donors (Lipinski definition) is 2. The van der Waals surface area contributed by atoms with Crippen LogP contribution in [0.25, 0.3) is 0 Å². The number of aliphatic carboxylic acids is 1. The van der Waals surface area contributed by atoms with E-state index in [1.807, 2.05) is 30.9 Å². The summed E-state index contributed by atoms with van der Waals surface area (Å²) in [5.74, 6) is -0.951. The molecule has 2 N–H and O–H groups in total. The fourth-order valence-corrected chi connectivity index (χ4v) is 8.52. The van der Waals surface area contributed by atoms with E-state index < -0.39 is 33.3 Å². The average Bonchev–Trinajstić information content (AvgIpc) is 3.37. The van der Waals surface area contributed by atoms with Gasteiger partial charge in [-0.2, -0.15) is 8.42 Å². The smallest absolute Gasteiger partial charge is 0.325 e. The molecule has 1 aliphatic heterocycles. The lowest BCUT2D eigenvalue weighted by Gasteiger charge is -2.35. The number of carbonyl (C=O) groups is 2. The van der Waals surface area contributed by atoms with E-state index in [9.17, 15) is 23.1 Å². The topological polar surface area (TPSA) is 112 Å². The number of rotatable bonds is 5. The summed E-state index contributed by atoms with van der Waals surface area (Å²) in [4.78, 5) is 26.9. The van der Waals surface area contributed by atoms with Crippen molar-refractivity contribution in [2.24, 2.45) is 16.7 Å². The molecule has 2 unspecified atom stereocenters. The SMILES string of the molecule is CC1(C)C2CC[C@]1(CS(=O)(=O)O)C(=O)C2.O=C(O)C(c1ccccc1Cl)N1CCc2sccc2C1. The second-order valence-electron chi connectivity index (χ2n) is 10.2. The Morgan fingerprint density at radius 3 is 2.57 bits per heavy atom. The van der Waals surface area contributed by atoms with Crippen LogP contribution in [0.4, 0.5) is 0 Å². The molecule has 0 saturated heterocycles. The first-order valence-corrected chi connectivity index (χ1v) is 14.5. The van der Waals surface area contributed by atoms with Gasteiger partial charge in [0.25, 0.3) is 10.1 Å². The minimum Gasteiger partial charge on any atom is -0.480 e. The lowest BCUT2D eigenvalue weighted by molar-refractivity contribution is -0.144. The molecule has 1 aromatic heterocycles. The van der Waals surface area contributed by atoms with E-state index in [2.05, 4.69) is 11.4 Å². The van der Waals surface area contributed by atoms with Gasteiger partial charge < -0.3 is 5.11 Å². The van der Waals surface area contributed by atoms with Crippen molar-refractivity contribution in [3.8, 4) is 0 Å². The van der Waals surface area contributed by atoms with E-state index in [1.54, 1.807) is 23.5 Å². The summed E-state index contributed by atoms with van der Waals surface area (Å²) in [6.45, 7) is 5.30. The highest BCUT2D eigenvalue weighted by Gasteiger charge is 2.65. The Morgan fingerprint density at radius 1 is 1.29 bits per heavy atom. The highest BCUT2D eigenvalue weighted by molar-refractivity contribution is 7.85. The van der Waals surface area contributed by atoms with Crippen molar-refractivity contribution in [3.05, 3.63) is 56.7 Å². The number of carbonyl (C=O) groups excluding carboxylic acids is 1. The predicted octanol–water partition coefficient (Wildman–Crippen LogP) is 4.86. The number of fused-ring (bicyclic) bond motifs is 3. The molecule has 0 spiro atoms. The van der Waals surface area contributed by atoms with Crippen LogP contribution in [0.5, 0.6) is 0 Å². The van der Waals surface area contributed by atoms with Gasteiger partial charge in [0.15, 0.2) is 0 Å². The van der Waals surface area contributed by atoms with Crippen molar-refractivity contribution in [2.75, 3.05) is 12.3 Å². The fourth-order valence-electron chi connectivity index (χ4n) is 6.09. The van der Waals surface area contributed by atoms with Gasteiger partial charge >= 0.3 is 5.97 Å². The average molecular weight is 540 g/mol. The third kappa shape index (κ3) is 4.93. The molecule has 0 radical (unpaired) electrons. The van der Waals surface area contributed by atoms with Gasteiger partial charge in [-0.3, -0.25) is 19.0 Å². The summed E-state index contributed by atoms with van der Waals surface area (Å²) < 4.78 is 31.0. The van der Waals surface area contributed by atoms with Gasteiger partial charge in [0.1, 0.15) is 11.8 Å². The number of halogens is 1. The Kier molecular flexibility index (Phi) is 7.20. The lowest BCUT2D eigenvalue weighted by atomic mass is 9.70. The Morgan fingerprint density at radius 2 is 2.00 bits per heavy atom. The van der Waals surface area contributed by atoms with Gasteiger partial charge in [0.2, 0.25) is 0 Å². The first-order valence-electron chi connectivity index (χ1n) is 11.6. The number of hydrogen-bond acceptors (Lipinski definition) is 6. The molecule has 2 aliphatic carbocycles. The third-order valence-electron chi connectivity index (χ3n) is 8.20. The molecule has 1 aromatic carbocycles. The van der Waals surface area contributed by atoms with Crippen LogP contribution >= 0.6 is 22.9 Å². The molecule has 0 amide bonds. The highest BCUT2D eigenvalue weighted by Crippen LogP contribution is 2.64. The predicted molar refractivity (Wildman–Crippen MR) is 135 cm³/mol. The summed E-state index contributed by atoms with van der Waals surface area (Å²) in [5, 5.41) is 12.2. The number of ketones is 1. The van der Waals surface area contributed by atoms with E-state index in [4.69, 9.17) is 16.2 Å². The highest BCUT2D eigenvalue weighted by atomic mass is 35.5. The quantitative estimate of drug-likeness (QED) is 0.522. The molecule has 2 heterocycles. The van der Waals surface area contributed by atoms with E-state index in [0.29, 0.717) is 30.0 Å². The molecule has 2 fully saturated rings. The molecule has 5 rings (SSSR count). The number of nitrogens with zero attached hydrogens (tertiary/aromatic N) is 1. The Hall–Kier alpha value is -1.78.